The third-order valence-corrected chi connectivity index (χ3v) is 2.38. The fourth-order valence-electron chi connectivity index (χ4n) is 1.75. The minimum Gasteiger partial charge on any atom is -0.323 e. The number of hydrogen-bond acceptors (Lipinski definition) is 2. The molecule has 2 rings (SSSR count). The van der Waals surface area contributed by atoms with Gasteiger partial charge < -0.3 is 9.88 Å². The molecule has 0 aliphatic rings. The van der Waals surface area contributed by atoms with Crippen LogP contribution in [0.3, 0.4) is 0 Å². The van der Waals surface area contributed by atoms with Crippen LogP contribution in [0.25, 0.3) is 11.0 Å². The predicted molar refractivity (Wildman–Crippen MR) is 62.7 cm³/mol. The molecule has 2 aromatic rings. The maximum atomic E-state index is 4.57. The van der Waals surface area contributed by atoms with Crippen LogP contribution in [0.2, 0.25) is 0 Å². The summed E-state index contributed by atoms with van der Waals surface area (Å²) in [6, 6.07) is 8.17. The number of nitrogens with one attached hydrogen (secondary N) is 1. The molecule has 3 nitrogen and oxygen atoms in total. The van der Waals surface area contributed by atoms with Crippen LogP contribution in [-0.2, 0) is 13.1 Å². The minimum atomic E-state index is 0.780. The van der Waals surface area contributed by atoms with Gasteiger partial charge in [0.15, 0.2) is 0 Å². The first kappa shape index (κ1) is 9.93. The highest BCUT2D eigenvalue weighted by atomic mass is 15.1. The number of nitrogens with zero attached hydrogens (tertiary/aromatic N) is 2. The Balaban J connectivity index is 2.57. The van der Waals surface area contributed by atoms with Gasteiger partial charge in [0.1, 0.15) is 5.82 Å². The Labute approximate surface area is 89.4 Å². The third kappa shape index (κ3) is 1.78. The van der Waals surface area contributed by atoms with Crippen molar-refractivity contribution < 1.29 is 0 Å². The molecule has 0 aliphatic carbocycles. The zero-order valence-corrected chi connectivity index (χ0v) is 8.90. The van der Waals surface area contributed by atoms with Gasteiger partial charge in [0.25, 0.3) is 0 Å². The van der Waals surface area contributed by atoms with Crippen LogP contribution in [0.4, 0.5) is 0 Å². The molecular weight excluding hydrogens is 186 g/mol. The molecule has 0 bridgehead atoms. The first-order chi connectivity index (χ1) is 7.36. The van der Waals surface area contributed by atoms with E-state index in [1.165, 1.54) is 5.52 Å². The first-order valence-electron chi connectivity index (χ1n) is 5.06. The third-order valence-electron chi connectivity index (χ3n) is 2.38. The van der Waals surface area contributed by atoms with Crippen molar-refractivity contribution in [3.05, 3.63) is 42.7 Å². The lowest BCUT2D eigenvalue weighted by Gasteiger charge is -2.05. The largest absolute Gasteiger partial charge is 0.323 e. The zero-order chi connectivity index (χ0) is 10.7. The van der Waals surface area contributed by atoms with Gasteiger partial charge in [-0.2, -0.15) is 0 Å². The molecular formula is C12H15N3. The Morgan fingerprint density at radius 1 is 1.47 bits per heavy atom. The van der Waals surface area contributed by atoms with E-state index in [1.807, 2.05) is 31.3 Å². The van der Waals surface area contributed by atoms with Crippen molar-refractivity contribution in [3.8, 4) is 0 Å². The van der Waals surface area contributed by atoms with Crippen LogP contribution in [0.15, 0.2) is 36.9 Å². The molecule has 15 heavy (non-hydrogen) atoms. The lowest BCUT2D eigenvalue weighted by Crippen LogP contribution is -2.11. The number of imidazole rings is 1. The van der Waals surface area contributed by atoms with Crippen LogP contribution < -0.4 is 5.32 Å². The van der Waals surface area contributed by atoms with Crippen molar-refractivity contribution in [2.24, 2.45) is 0 Å². The van der Waals surface area contributed by atoms with E-state index >= 15 is 0 Å². The lowest BCUT2D eigenvalue weighted by molar-refractivity contribution is 0.693. The van der Waals surface area contributed by atoms with Crippen LogP contribution >= 0.6 is 0 Å². The van der Waals surface area contributed by atoms with E-state index in [-0.39, 0.29) is 0 Å². The van der Waals surface area contributed by atoms with E-state index in [0.717, 1.165) is 24.4 Å². The summed E-state index contributed by atoms with van der Waals surface area (Å²) in [5.74, 6) is 1.05. The molecule has 1 heterocycles. The van der Waals surface area contributed by atoms with Gasteiger partial charge in [0.2, 0.25) is 0 Å². The summed E-state index contributed by atoms with van der Waals surface area (Å²) in [6.07, 6.45) is 1.90. The maximum Gasteiger partial charge on any atom is 0.124 e. The molecule has 1 aromatic carbocycles. The smallest absolute Gasteiger partial charge is 0.124 e. The second kappa shape index (κ2) is 4.28. The number of allylic oxidation sites excluding steroid dienone is 1. The van der Waals surface area contributed by atoms with E-state index in [9.17, 15) is 0 Å². The van der Waals surface area contributed by atoms with Gasteiger partial charge in [0.05, 0.1) is 17.6 Å². The van der Waals surface area contributed by atoms with Gasteiger partial charge in [-0.1, -0.05) is 18.2 Å². The number of para-hydroxylation sites is 2. The highest BCUT2D eigenvalue weighted by Gasteiger charge is 2.07. The maximum absolute atomic E-state index is 4.57. The summed E-state index contributed by atoms with van der Waals surface area (Å²) in [5, 5.41) is 3.13. The predicted octanol–water partition coefficient (Wildman–Crippen LogP) is 1.94. The fraction of sp³-hybridized carbons (Fsp3) is 0.250. The lowest BCUT2D eigenvalue weighted by atomic mass is 10.3. The monoisotopic (exact) mass is 201 g/mol. The van der Waals surface area contributed by atoms with Gasteiger partial charge >= 0.3 is 0 Å². The van der Waals surface area contributed by atoms with Crippen LogP contribution in [-0.4, -0.2) is 16.6 Å². The average Bonchev–Trinajstić information content (AvgIpc) is 2.59. The van der Waals surface area contributed by atoms with Gasteiger partial charge in [-0.15, -0.1) is 6.58 Å². The molecule has 1 aromatic heterocycles. The molecule has 0 saturated carbocycles. The molecule has 0 fully saturated rings. The highest BCUT2D eigenvalue weighted by Crippen LogP contribution is 2.15. The van der Waals surface area contributed by atoms with Crippen molar-refractivity contribution in [1.82, 2.24) is 14.9 Å². The SMILES string of the molecule is C=CCn1c(CNC)nc2ccccc21. The standard InChI is InChI=1S/C12H15N3/c1-3-8-15-11-7-5-4-6-10(11)14-12(15)9-13-2/h3-7,13H,1,8-9H2,2H3. The summed E-state index contributed by atoms with van der Waals surface area (Å²) >= 11 is 0. The highest BCUT2D eigenvalue weighted by molar-refractivity contribution is 5.75. The summed E-state index contributed by atoms with van der Waals surface area (Å²) in [7, 11) is 1.93. The Kier molecular flexibility index (Phi) is 2.83. The number of aromatic nitrogens is 2. The van der Waals surface area contributed by atoms with E-state index in [0.29, 0.717) is 0 Å². The van der Waals surface area contributed by atoms with Gasteiger partial charge in [-0.25, -0.2) is 4.98 Å². The van der Waals surface area contributed by atoms with Crippen molar-refractivity contribution in [2.75, 3.05) is 7.05 Å². The topological polar surface area (TPSA) is 29.9 Å². The van der Waals surface area contributed by atoms with Gasteiger partial charge in [-0.3, -0.25) is 0 Å². The molecule has 0 saturated heterocycles. The summed E-state index contributed by atoms with van der Waals surface area (Å²) in [4.78, 5) is 4.57. The van der Waals surface area contributed by atoms with E-state index in [1.54, 1.807) is 0 Å². The Hall–Kier alpha value is -1.61. The Morgan fingerprint density at radius 3 is 3.00 bits per heavy atom. The zero-order valence-electron chi connectivity index (χ0n) is 8.90. The summed E-state index contributed by atoms with van der Waals surface area (Å²) in [5.41, 5.74) is 2.22. The molecule has 3 heteroatoms. The second-order valence-corrected chi connectivity index (χ2v) is 3.45. The van der Waals surface area contributed by atoms with Crippen molar-refractivity contribution in [1.29, 1.82) is 0 Å². The van der Waals surface area contributed by atoms with Crippen molar-refractivity contribution >= 4 is 11.0 Å². The second-order valence-electron chi connectivity index (χ2n) is 3.45. The molecule has 0 unspecified atom stereocenters. The van der Waals surface area contributed by atoms with E-state index < -0.39 is 0 Å². The van der Waals surface area contributed by atoms with E-state index in [2.05, 4.69) is 27.5 Å². The summed E-state index contributed by atoms with van der Waals surface area (Å²) < 4.78 is 2.18. The van der Waals surface area contributed by atoms with Crippen LogP contribution in [0.1, 0.15) is 5.82 Å². The molecule has 0 radical (unpaired) electrons. The molecule has 0 spiro atoms. The normalized spacial score (nSPS) is 10.7. The molecule has 0 atom stereocenters. The number of hydrogen-bond donors (Lipinski definition) is 1. The van der Waals surface area contributed by atoms with E-state index in [4.69, 9.17) is 0 Å². The fourth-order valence-corrected chi connectivity index (χ4v) is 1.75. The minimum absolute atomic E-state index is 0.780. The van der Waals surface area contributed by atoms with Crippen molar-refractivity contribution in [3.63, 3.8) is 0 Å². The van der Waals surface area contributed by atoms with Crippen molar-refractivity contribution in [2.45, 2.75) is 13.1 Å². The number of fused-ring (bicyclic) bond motifs is 1. The van der Waals surface area contributed by atoms with Crippen LogP contribution in [0, 0.1) is 0 Å². The van der Waals surface area contributed by atoms with Gasteiger partial charge in [-0.05, 0) is 19.2 Å². The van der Waals surface area contributed by atoms with Crippen LogP contribution in [0.5, 0.6) is 0 Å². The number of rotatable bonds is 4. The van der Waals surface area contributed by atoms with Gasteiger partial charge in [0, 0.05) is 6.54 Å². The Bertz CT molecular complexity index is 471. The quantitative estimate of drug-likeness (QED) is 0.766. The summed E-state index contributed by atoms with van der Waals surface area (Å²) in [6.45, 7) is 5.36. The molecule has 78 valence electrons. The average molecular weight is 201 g/mol. The molecule has 0 amide bonds. The Morgan fingerprint density at radius 2 is 2.27 bits per heavy atom. The number of benzene rings is 1. The molecule has 1 N–H and O–H groups in total. The molecule has 0 aliphatic heterocycles. The first-order valence-corrected chi connectivity index (χ1v) is 5.06.